The number of para-hydroxylation sites is 1. The average molecular weight is 291 g/mol. The molecule has 2 aromatic heterocycles. The molecule has 0 radical (unpaired) electrons. The summed E-state index contributed by atoms with van der Waals surface area (Å²) in [6.45, 7) is 1.98. The van der Waals surface area contributed by atoms with Crippen LogP contribution in [0.2, 0.25) is 0 Å². The summed E-state index contributed by atoms with van der Waals surface area (Å²) in [6, 6.07) is 15.2. The van der Waals surface area contributed by atoms with Gasteiger partial charge in [0.1, 0.15) is 5.58 Å². The summed E-state index contributed by atoms with van der Waals surface area (Å²) in [5.74, 6) is 0.455. The van der Waals surface area contributed by atoms with Gasteiger partial charge in [-0.25, -0.2) is 0 Å². The smallest absolute Gasteiger partial charge is 0.292 e. The second kappa shape index (κ2) is 4.73. The van der Waals surface area contributed by atoms with Crippen molar-refractivity contribution < 1.29 is 9.21 Å². The number of nitrogens with one attached hydrogen (secondary N) is 2. The van der Waals surface area contributed by atoms with E-state index in [1.165, 1.54) is 0 Å². The number of aryl methyl sites for hydroxylation is 1. The van der Waals surface area contributed by atoms with Gasteiger partial charge in [0.15, 0.2) is 11.6 Å². The van der Waals surface area contributed by atoms with Crippen LogP contribution < -0.4 is 5.32 Å². The summed E-state index contributed by atoms with van der Waals surface area (Å²) in [5, 5.41) is 11.6. The number of benzene rings is 2. The minimum absolute atomic E-state index is 0.271. The monoisotopic (exact) mass is 291 g/mol. The fraction of sp³-hybridized carbons (Fsp3) is 0.0588. The van der Waals surface area contributed by atoms with E-state index in [1.54, 1.807) is 6.07 Å². The van der Waals surface area contributed by atoms with Gasteiger partial charge in [-0.05, 0) is 36.8 Å². The van der Waals surface area contributed by atoms with Crippen LogP contribution in [-0.2, 0) is 0 Å². The van der Waals surface area contributed by atoms with Crippen molar-refractivity contribution in [3.63, 3.8) is 0 Å². The first-order valence-corrected chi connectivity index (χ1v) is 6.95. The minimum Gasteiger partial charge on any atom is -0.451 e. The van der Waals surface area contributed by atoms with Crippen LogP contribution in [0.3, 0.4) is 0 Å². The van der Waals surface area contributed by atoms with Crippen molar-refractivity contribution in [2.24, 2.45) is 0 Å². The van der Waals surface area contributed by atoms with Crippen LogP contribution in [0, 0.1) is 6.92 Å². The van der Waals surface area contributed by atoms with Crippen molar-refractivity contribution in [2.45, 2.75) is 6.92 Å². The normalized spacial score (nSPS) is 11.1. The van der Waals surface area contributed by atoms with Crippen LogP contribution in [0.5, 0.6) is 0 Å². The maximum atomic E-state index is 12.4. The van der Waals surface area contributed by atoms with Gasteiger partial charge in [-0.2, -0.15) is 5.10 Å². The number of amides is 1. The van der Waals surface area contributed by atoms with Gasteiger partial charge < -0.3 is 9.73 Å². The Bertz CT molecular complexity index is 997. The summed E-state index contributed by atoms with van der Waals surface area (Å²) in [6.07, 6.45) is 0. The van der Waals surface area contributed by atoms with Gasteiger partial charge in [0.2, 0.25) is 0 Å². The van der Waals surface area contributed by atoms with E-state index in [0.29, 0.717) is 11.4 Å². The molecule has 2 aromatic carbocycles. The molecule has 0 unspecified atom stereocenters. The van der Waals surface area contributed by atoms with Gasteiger partial charge in [0.05, 0.1) is 5.52 Å². The maximum Gasteiger partial charge on any atom is 0.292 e. The number of fused-ring (bicyclic) bond motifs is 2. The molecule has 0 saturated carbocycles. The molecule has 0 aliphatic heterocycles. The standard InChI is InChI=1S/C17H13N3O2/c1-10-6-7-11-9-15(22-14(11)8-10)17(21)18-16-12-4-2-3-5-13(12)19-20-16/h2-9H,1H3,(H2,18,19,20,21). The molecule has 1 amide bonds. The second-order valence-corrected chi connectivity index (χ2v) is 5.22. The van der Waals surface area contributed by atoms with E-state index in [9.17, 15) is 4.79 Å². The van der Waals surface area contributed by atoms with Gasteiger partial charge in [-0.1, -0.05) is 24.3 Å². The third-order valence-corrected chi connectivity index (χ3v) is 3.60. The highest BCUT2D eigenvalue weighted by atomic mass is 16.3. The lowest BCUT2D eigenvalue weighted by molar-refractivity contribution is 0.0998. The molecule has 0 saturated heterocycles. The van der Waals surface area contributed by atoms with Crippen molar-refractivity contribution in [3.05, 3.63) is 59.9 Å². The first-order valence-electron chi connectivity index (χ1n) is 6.95. The highest BCUT2D eigenvalue weighted by Crippen LogP contribution is 2.23. The van der Waals surface area contributed by atoms with E-state index in [4.69, 9.17) is 4.42 Å². The van der Waals surface area contributed by atoms with Gasteiger partial charge in [0.25, 0.3) is 5.91 Å². The molecule has 4 aromatic rings. The average Bonchev–Trinajstić information content (AvgIpc) is 3.11. The quantitative estimate of drug-likeness (QED) is 0.589. The van der Waals surface area contributed by atoms with Crippen molar-refractivity contribution in [1.29, 1.82) is 0 Å². The maximum absolute atomic E-state index is 12.4. The molecule has 0 bridgehead atoms. The van der Waals surface area contributed by atoms with Crippen LogP contribution in [0.15, 0.2) is 52.9 Å². The molecular weight excluding hydrogens is 278 g/mol. The molecule has 2 N–H and O–H groups in total. The number of hydrogen-bond acceptors (Lipinski definition) is 3. The number of anilines is 1. The van der Waals surface area contributed by atoms with Crippen LogP contribution in [-0.4, -0.2) is 16.1 Å². The molecule has 0 aliphatic carbocycles. The van der Waals surface area contributed by atoms with E-state index in [0.717, 1.165) is 21.9 Å². The Balaban J connectivity index is 1.68. The van der Waals surface area contributed by atoms with Crippen LogP contribution in [0.4, 0.5) is 5.82 Å². The zero-order chi connectivity index (χ0) is 15.1. The van der Waals surface area contributed by atoms with Crippen molar-refractivity contribution >= 4 is 33.6 Å². The zero-order valence-corrected chi connectivity index (χ0v) is 11.9. The largest absolute Gasteiger partial charge is 0.451 e. The molecule has 0 aliphatic rings. The zero-order valence-electron chi connectivity index (χ0n) is 11.9. The lowest BCUT2D eigenvalue weighted by Gasteiger charge is -1.99. The lowest BCUT2D eigenvalue weighted by atomic mass is 10.2. The molecule has 5 heteroatoms. The fourth-order valence-electron chi connectivity index (χ4n) is 2.48. The number of rotatable bonds is 2. The van der Waals surface area contributed by atoms with Crippen molar-refractivity contribution in [3.8, 4) is 0 Å². The number of H-pyrrole nitrogens is 1. The van der Waals surface area contributed by atoms with Gasteiger partial charge in [-0.15, -0.1) is 0 Å². The first kappa shape index (κ1) is 12.6. The third-order valence-electron chi connectivity index (χ3n) is 3.60. The lowest BCUT2D eigenvalue weighted by Crippen LogP contribution is -2.11. The highest BCUT2D eigenvalue weighted by molar-refractivity contribution is 6.07. The summed E-state index contributed by atoms with van der Waals surface area (Å²) in [4.78, 5) is 12.4. The number of hydrogen-bond donors (Lipinski definition) is 2. The minimum atomic E-state index is -0.314. The Morgan fingerprint density at radius 2 is 2.05 bits per heavy atom. The molecule has 2 heterocycles. The summed E-state index contributed by atoms with van der Waals surface area (Å²) >= 11 is 0. The summed E-state index contributed by atoms with van der Waals surface area (Å²) in [5.41, 5.74) is 2.67. The highest BCUT2D eigenvalue weighted by Gasteiger charge is 2.15. The Labute approximate surface area is 125 Å². The van der Waals surface area contributed by atoms with Crippen LogP contribution >= 0.6 is 0 Å². The van der Waals surface area contributed by atoms with Gasteiger partial charge in [0, 0.05) is 10.8 Å². The summed E-state index contributed by atoms with van der Waals surface area (Å²) in [7, 11) is 0. The van der Waals surface area contributed by atoms with Gasteiger partial charge >= 0.3 is 0 Å². The third kappa shape index (κ3) is 2.03. The SMILES string of the molecule is Cc1ccc2cc(C(=O)Nc3n[nH]c4ccccc34)oc2c1. The van der Waals surface area contributed by atoms with Gasteiger partial charge in [-0.3, -0.25) is 9.89 Å². The number of carbonyl (C=O) groups excluding carboxylic acids is 1. The molecular formula is C17H13N3O2. The molecule has 5 nitrogen and oxygen atoms in total. The Morgan fingerprint density at radius 3 is 2.95 bits per heavy atom. The second-order valence-electron chi connectivity index (χ2n) is 5.22. The van der Waals surface area contributed by atoms with E-state index in [2.05, 4.69) is 15.5 Å². The molecule has 0 fully saturated rings. The summed E-state index contributed by atoms with van der Waals surface area (Å²) < 4.78 is 5.62. The fourth-order valence-corrected chi connectivity index (χ4v) is 2.48. The van der Waals surface area contributed by atoms with E-state index in [1.807, 2.05) is 49.4 Å². The van der Waals surface area contributed by atoms with Crippen LogP contribution in [0.1, 0.15) is 16.1 Å². The Hall–Kier alpha value is -3.08. The number of carbonyl (C=O) groups is 1. The molecule has 108 valence electrons. The van der Waals surface area contributed by atoms with E-state index in [-0.39, 0.29) is 11.7 Å². The number of aromatic amines is 1. The molecule has 22 heavy (non-hydrogen) atoms. The first-order chi connectivity index (χ1) is 10.7. The number of furan rings is 1. The predicted molar refractivity (Wildman–Crippen MR) is 85.0 cm³/mol. The van der Waals surface area contributed by atoms with Crippen LogP contribution in [0.25, 0.3) is 21.9 Å². The Kier molecular flexibility index (Phi) is 2.72. The molecule has 0 spiro atoms. The molecule has 4 rings (SSSR count). The topological polar surface area (TPSA) is 70.9 Å². The number of nitrogens with zero attached hydrogens (tertiary/aromatic N) is 1. The van der Waals surface area contributed by atoms with Crippen molar-refractivity contribution in [2.75, 3.05) is 5.32 Å². The predicted octanol–water partition coefficient (Wildman–Crippen LogP) is 3.87. The molecule has 0 atom stereocenters. The van der Waals surface area contributed by atoms with E-state index >= 15 is 0 Å². The van der Waals surface area contributed by atoms with Crippen molar-refractivity contribution in [1.82, 2.24) is 10.2 Å². The van der Waals surface area contributed by atoms with E-state index < -0.39 is 0 Å². The number of aromatic nitrogens is 2. The Morgan fingerprint density at radius 1 is 1.18 bits per heavy atom.